The van der Waals surface area contributed by atoms with Crippen LogP contribution < -0.4 is 0 Å². The summed E-state index contributed by atoms with van der Waals surface area (Å²) in [5, 5.41) is 3.85. The number of imide groups is 1. The smallest absolute Gasteiger partial charge is 0.261 e. The van der Waals surface area contributed by atoms with Gasteiger partial charge in [0.05, 0.1) is 11.1 Å². The molecule has 11 heteroatoms. The number of azide groups is 1. The molecule has 5 rings (SSSR count). The maximum absolute atomic E-state index is 13.2. The molecular formula is C26H26BrN5O5. The second kappa shape index (κ2) is 10.00. The minimum Gasteiger partial charge on any atom is -0.343 e. The molecule has 0 spiro atoms. The number of ether oxygens (including phenoxy) is 2. The van der Waals surface area contributed by atoms with Gasteiger partial charge in [-0.05, 0) is 49.2 Å². The molecule has 2 saturated heterocycles. The van der Waals surface area contributed by atoms with Crippen LogP contribution in [0.2, 0.25) is 0 Å². The Morgan fingerprint density at radius 2 is 1.68 bits per heavy atom. The molecule has 0 aromatic heterocycles. The number of rotatable bonds is 8. The highest BCUT2D eigenvalue weighted by Crippen LogP contribution is 2.44. The van der Waals surface area contributed by atoms with Crippen LogP contribution >= 0.6 is 15.9 Å². The molecule has 0 N–H and O–H groups in total. The quantitative estimate of drug-likeness (QED) is 0.156. The van der Waals surface area contributed by atoms with E-state index in [9.17, 15) is 14.4 Å². The Morgan fingerprint density at radius 1 is 1.03 bits per heavy atom. The summed E-state index contributed by atoms with van der Waals surface area (Å²) in [5.74, 6) is -1.72. The van der Waals surface area contributed by atoms with E-state index in [4.69, 9.17) is 15.0 Å². The van der Waals surface area contributed by atoms with Gasteiger partial charge in [-0.3, -0.25) is 19.4 Å². The van der Waals surface area contributed by atoms with Crippen molar-refractivity contribution in [3.63, 3.8) is 0 Å². The number of likely N-dealkylation sites (tertiary alicyclic amines) is 1. The number of halogens is 1. The number of benzene rings is 2. The molecule has 2 amide bonds. The number of carbonyl (C=O) groups excluding carboxylic acids is 3. The van der Waals surface area contributed by atoms with Gasteiger partial charge < -0.3 is 14.3 Å². The molecule has 10 nitrogen and oxygen atoms in total. The lowest BCUT2D eigenvalue weighted by atomic mass is 9.74. The van der Waals surface area contributed by atoms with Crippen molar-refractivity contribution in [3.8, 4) is 0 Å². The highest BCUT2D eigenvalue weighted by molar-refractivity contribution is 9.10. The zero-order chi connectivity index (χ0) is 26.3. The molecule has 2 fully saturated rings. The second-order valence-corrected chi connectivity index (χ2v) is 10.8. The Morgan fingerprint density at radius 3 is 2.27 bits per heavy atom. The van der Waals surface area contributed by atoms with E-state index in [0.717, 1.165) is 16.3 Å². The monoisotopic (exact) mass is 567 g/mol. The summed E-state index contributed by atoms with van der Waals surface area (Å²) in [7, 11) is 0. The van der Waals surface area contributed by atoms with E-state index in [1.54, 1.807) is 38.1 Å². The van der Waals surface area contributed by atoms with Gasteiger partial charge in [-0.15, -0.1) is 0 Å². The van der Waals surface area contributed by atoms with Crippen LogP contribution in [-0.4, -0.2) is 77.6 Å². The van der Waals surface area contributed by atoms with Crippen molar-refractivity contribution in [2.24, 2.45) is 5.11 Å². The average Bonchev–Trinajstić information content (AvgIpc) is 3.31. The van der Waals surface area contributed by atoms with Crippen molar-refractivity contribution in [2.75, 3.05) is 19.6 Å². The van der Waals surface area contributed by atoms with Crippen molar-refractivity contribution in [2.45, 2.75) is 49.8 Å². The summed E-state index contributed by atoms with van der Waals surface area (Å²) in [5.41, 5.74) is 10.8. The van der Waals surface area contributed by atoms with Crippen molar-refractivity contribution >= 4 is 34.0 Å². The maximum Gasteiger partial charge on any atom is 0.261 e. The molecule has 2 aromatic carbocycles. The van der Waals surface area contributed by atoms with Crippen LogP contribution in [0.5, 0.6) is 0 Å². The van der Waals surface area contributed by atoms with E-state index >= 15 is 0 Å². The molecule has 2 aromatic rings. The lowest BCUT2D eigenvalue weighted by molar-refractivity contribution is -0.154. The number of fused-ring (bicyclic) bond motifs is 1. The molecule has 0 bridgehead atoms. The maximum atomic E-state index is 13.2. The predicted octanol–water partition coefficient (Wildman–Crippen LogP) is 3.91. The van der Waals surface area contributed by atoms with Gasteiger partial charge in [-0.2, -0.15) is 0 Å². The second-order valence-electron chi connectivity index (χ2n) is 9.86. The minimum atomic E-state index is -0.926. The third-order valence-electron chi connectivity index (χ3n) is 7.26. The number of carbonyl (C=O) groups is 3. The fraction of sp³-hybridized carbons (Fsp3) is 0.423. The summed E-state index contributed by atoms with van der Waals surface area (Å²) in [4.78, 5) is 44.4. The van der Waals surface area contributed by atoms with Gasteiger partial charge in [0.15, 0.2) is 12.1 Å². The summed E-state index contributed by atoms with van der Waals surface area (Å²) in [6.45, 7) is 4.12. The van der Waals surface area contributed by atoms with E-state index in [0.29, 0.717) is 17.7 Å². The SMILES string of the molecule is CC1(C)OC(C=O)[C@H](CN2[C@H](CN3C(=O)c4ccccc4C3=O)[C@H](c3ccc(Br)cc3)[C@@H]2CN=[N+]=[N-])O1. The molecule has 3 aliphatic rings. The van der Waals surface area contributed by atoms with Gasteiger partial charge in [-0.25, -0.2) is 0 Å². The van der Waals surface area contributed by atoms with Crippen molar-refractivity contribution < 1.29 is 23.9 Å². The van der Waals surface area contributed by atoms with E-state index in [1.807, 2.05) is 24.3 Å². The highest BCUT2D eigenvalue weighted by Gasteiger charge is 2.53. The Balaban J connectivity index is 1.48. The molecule has 0 radical (unpaired) electrons. The fourth-order valence-corrected chi connectivity index (χ4v) is 5.95. The number of amides is 2. The minimum absolute atomic E-state index is 0.132. The first kappa shape index (κ1) is 25.6. The first-order valence-corrected chi connectivity index (χ1v) is 12.8. The van der Waals surface area contributed by atoms with E-state index in [2.05, 4.69) is 30.9 Å². The Hall–Kier alpha value is -3.08. The van der Waals surface area contributed by atoms with E-state index < -0.39 is 18.0 Å². The molecule has 0 aliphatic carbocycles. The average molecular weight is 568 g/mol. The summed E-state index contributed by atoms with van der Waals surface area (Å²) in [6, 6.07) is 14.1. The third-order valence-corrected chi connectivity index (χ3v) is 7.79. The van der Waals surface area contributed by atoms with Gasteiger partial charge in [0, 0.05) is 47.0 Å². The Kier molecular flexibility index (Phi) is 6.91. The molecule has 0 saturated carbocycles. The van der Waals surface area contributed by atoms with Crippen LogP contribution in [0.3, 0.4) is 0 Å². The van der Waals surface area contributed by atoms with Gasteiger partial charge in [0.25, 0.3) is 11.8 Å². The lowest BCUT2D eigenvalue weighted by Gasteiger charge is -2.56. The van der Waals surface area contributed by atoms with Crippen molar-refractivity contribution in [3.05, 3.63) is 80.1 Å². The molecule has 3 aliphatic heterocycles. The van der Waals surface area contributed by atoms with Crippen LogP contribution in [0.4, 0.5) is 0 Å². The molecule has 3 heterocycles. The topological polar surface area (TPSA) is 125 Å². The van der Waals surface area contributed by atoms with Crippen LogP contribution in [-0.2, 0) is 14.3 Å². The third kappa shape index (κ3) is 4.69. The van der Waals surface area contributed by atoms with E-state index in [1.165, 1.54) is 4.90 Å². The van der Waals surface area contributed by atoms with Crippen LogP contribution in [0.25, 0.3) is 10.4 Å². The number of nitrogens with zero attached hydrogens (tertiary/aromatic N) is 5. The zero-order valence-electron chi connectivity index (χ0n) is 20.4. The van der Waals surface area contributed by atoms with E-state index in [-0.39, 0.29) is 42.9 Å². The Bertz CT molecular complexity index is 1240. The van der Waals surface area contributed by atoms with Crippen molar-refractivity contribution in [1.29, 1.82) is 0 Å². The summed E-state index contributed by atoms with van der Waals surface area (Å²) >= 11 is 3.47. The number of aldehydes is 1. The zero-order valence-corrected chi connectivity index (χ0v) is 21.9. The summed E-state index contributed by atoms with van der Waals surface area (Å²) in [6.07, 6.45) is -0.592. The number of hydrogen-bond acceptors (Lipinski definition) is 7. The number of hydrogen-bond donors (Lipinski definition) is 0. The van der Waals surface area contributed by atoms with Crippen molar-refractivity contribution in [1.82, 2.24) is 9.80 Å². The highest BCUT2D eigenvalue weighted by atomic mass is 79.9. The van der Waals surface area contributed by atoms with Gasteiger partial charge >= 0.3 is 0 Å². The Labute approximate surface area is 222 Å². The van der Waals surface area contributed by atoms with Crippen LogP contribution in [0.1, 0.15) is 46.0 Å². The fourth-order valence-electron chi connectivity index (χ4n) is 5.69. The molecule has 37 heavy (non-hydrogen) atoms. The summed E-state index contributed by atoms with van der Waals surface area (Å²) < 4.78 is 12.7. The predicted molar refractivity (Wildman–Crippen MR) is 137 cm³/mol. The normalized spacial score (nSPS) is 28.5. The van der Waals surface area contributed by atoms with Crippen LogP contribution in [0.15, 0.2) is 58.1 Å². The van der Waals surface area contributed by atoms with Crippen LogP contribution in [0, 0.1) is 0 Å². The molecule has 5 atom stereocenters. The van der Waals surface area contributed by atoms with Gasteiger partial charge in [0.2, 0.25) is 0 Å². The first-order valence-electron chi connectivity index (χ1n) is 12.0. The largest absolute Gasteiger partial charge is 0.343 e. The standard InChI is InChI=1S/C26H26BrN5O5/c1-26(2)36-21(22(14-33)37-26)13-31-19(11-29-30-28)23(15-7-9-16(27)10-8-15)20(31)12-32-24(34)17-5-3-4-6-18(17)25(32)35/h3-10,14,19-23H,11-13H2,1-2H3/t19-,20+,21-,22?,23+/m0/s1. The molecule has 1 unspecified atom stereocenters. The lowest BCUT2D eigenvalue weighted by Crippen LogP contribution is -2.68. The first-order chi connectivity index (χ1) is 17.7. The van der Waals surface area contributed by atoms with Gasteiger partial charge in [-0.1, -0.05) is 45.3 Å². The van der Waals surface area contributed by atoms with Gasteiger partial charge in [0.1, 0.15) is 12.2 Å². The molecule has 192 valence electrons. The molecular weight excluding hydrogens is 542 g/mol.